The molecular weight excluding hydrogens is 417 g/mol. The van der Waals surface area contributed by atoms with E-state index in [2.05, 4.69) is 25.6 Å². The molecule has 0 spiro atoms. The summed E-state index contributed by atoms with van der Waals surface area (Å²) in [6, 6.07) is 9.37. The van der Waals surface area contributed by atoms with Crippen molar-refractivity contribution in [1.82, 2.24) is 35.0 Å². The number of hydrogen-bond acceptors (Lipinski definition) is 8. The average molecular weight is 435 g/mol. The normalized spacial score (nSPS) is 13.3. The van der Waals surface area contributed by atoms with Crippen LogP contribution in [0.2, 0.25) is 0 Å². The Morgan fingerprint density at radius 1 is 1.03 bits per heavy atom. The Morgan fingerprint density at radius 2 is 1.81 bits per heavy atom. The summed E-state index contributed by atoms with van der Waals surface area (Å²) in [6.07, 6.45) is 0. The van der Waals surface area contributed by atoms with Crippen LogP contribution in [0.3, 0.4) is 0 Å². The second-order valence-corrected chi connectivity index (χ2v) is 7.34. The van der Waals surface area contributed by atoms with E-state index >= 15 is 0 Å². The first kappa shape index (κ1) is 19.8. The molecule has 10 nitrogen and oxygen atoms in total. The predicted octanol–water partition coefficient (Wildman–Crippen LogP) is 2.50. The van der Waals surface area contributed by atoms with E-state index in [1.54, 1.807) is 47.7 Å². The largest absolute Gasteiger partial charge is 0.472 e. The van der Waals surface area contributed by atoms with Crippen LogP contribution in [0.4, 0.5) is 4.39 Å². The van der Waals surface area contributed by atoms with Gasteiger partial charge in [-0.1, -0.05) is 5.16 Å². The number of ether oxygens (including phenoxy) is 1. The van der Waals surface area contributed by atoms with E-state index in [0.717, 1.165) is 11.1 Å². The summed E-state index contributed by atoms with van der Waals surface area (Å²) in [5.41, 5.74) is 2.52. The van der Waals surface area contributed by atoms with Crippen molar-refractivity contribution in [2.24, 2.45) is 0 Å². The summed E-state index contributed by atoms with van der Waals surface area (Å²) in [4.78, 5) is 13.8. The molecule has 4 aromatic rings. The van der Waals surface area contributed by atoms with Crippen molar-refractivity contribution in [2.75, 3.05) is 13.6 Å². The first-order chi connectivity index (χ1) is 15.5. The third kappa shape index (κ3) is 3.47. The molecule has 0 saturated heterocycles. The molecule has 0 unspecified atom stereocenters. The molecule has 3 aromatic heterocycles. The van der Waals surface area contributed by atoms with Gasteiger partial charge in [0, 0.05) is 31.8 Å². The van der Waals surface area contributed by atoms with Gasteiger partial charge in [-0.2, -0.15) is 0 Å². The Morgan fingerprint density at radius 3 is 2.56 bits per heavy atom. The highest BCUT2D eigenvalue weighted by Gasteiger charge is 2.27. The summed E-state index contributed by atoms with van der Waals surface area (Å²) < 4.78 is 26.0. The Balaban J connectivity index is 1.33. The molecule has 0 N–H and O–H groups in total. The Hall–Kier alpha value is -4.15. The molecular formula is C21H18FN7O3. The molecule has 0 atom stereocenters. The van der Waals surface area contributed by atoms with Crippen LogP contribution in [0.5, 0.6) is 5.88 Å². The van der Waals surface area contributed by atoms with Crippen molar-refractivity contribution in [3.8, 4) is 28.7 Å². The van der Waals surface area contributed by atoms with Gasteiger partial charge < -0.3 is 14.2 Å². The van der Waals surface area contributed by atoms with Crippen LogP contribution in [-0.4, -0.2) is 54.5 Å². The fourth-order valence-electron chi connectivity index (χ4n) is 3.44. The zero-order chi connectivity index (χ0) is 22.2. The second-order valence-electron chi connectivity index (χ2n) is 7.34. The van der Waals surface area contributed by atoms with Gasteiger partial charge in [0.25, 0.3) is 5.91 Å². The summed E-state index contributed by atoms with van der Waals surface area (Å²) >= 11 is 0. The molecule has 0 saturated carbocycles. The Labute approximate surface area is 181 Å². The highest BCUT2D eigenvalue weighted by atomic mass is 19.1. The molecule has 5 rings (SSSR count). The molecule has 1 amide bonds. The van der Waals surface area contributed by atoms with Gasteiger partial charge >= 0.3 is 0 Å². The molecule has 1 aliphatic heterocycles. The summed E-state index contributed by atoms with van der Waals surface area (Å²) in [5.74, 6) is 1.16. The minimum atomic E-state index is -0.326. The van der Waals surface area contributed by atoms with E-state index in [1.165, 1.54) is 12.1 Å². The lowest BCUT2D eigenvalue weighted by Gasteiger charge is -2.23. The van der Waals surface area contributed by atoms with Gasteiger partial charge in [0.05, 0.1) is 5.56 Å². The van der Waals surface area contributed by atoms with Crippen LogP contribution in [0.15, 0.2) is 40.9 Å². The molecule has 0 bridgehead atoms. The van der Waals surface area contributed by atoms with Crippen LogP contribution >= 0.6 is 0 Å². The van der Waals surface area contributed by atoms with Crippen LogP contribution in [0, 0.1) is 12.7 Å². The van der Waals surface area contributed by atoms with E-state index in [1.807, 2.05) is 0 Å². The van der Waals surface area contributed by atoms with Gasteiger partial charge in [-0.3, -0.25) is 9.36 Å². The zero-order valence-corrected chi connectivity index (χ0v) is 17.3. The lowest BCUT2D eigenvalue weighted by Crippen LogP contribution is -2.37. The molecule has 0 fully saturated rings. The van der Waals surface area contributed by atoms with Gasteiger partial charge in [-0.05, 0) is 37.3 Å². The number of aryl methyl sites for hydroxylation is 1. The number of nitrogens with zero attached hydrogens (tertiary/aromatic N) is 7. The second kappa shape index (κ2) is 7.84. The fourth-order valence-corrected chi connectivity index (χ4v) is 3.44. The maximum atomic E-state index is 13.2. The number of hydrogen-bond donors (Lipinski definition) is 0. The predicted molar refractivity (Wildman–Crippen MR) is 109 cm³/mol. The summed E-state index contributed by atoms with van der Waals surface area (Å²) in [7, 11) is 1.73. The van der Waals surface area contributed by atoms with E-state index in [-0.39, 0.29) is 24.2 Å². The molecule has 11 heteroatoms. The SMILES string of the molecule is Cc1onc(-c2ccc(F)cc2)c1COc1ccc(-c2nnc3n2CCN(C)C3=O)nn1. The molecule has 162 valence electrons. The van der Waals surface area contributed by atoms with Crippen molar-refractivity contribution in [2.45, 2.75) is 20.1 Å². The highest BCUT2D eigenvalue weighted by molar-refractivity contribution is 5.91. The lowest BCUT2D eigenvalue weighted by molar-refractivity contribution is 0.0742. The smallest absolute Gasteiger partial charge is 0.291 e. The number of carbonyl (C=O) groups is 1. The third-order valence-corrected chi connectivity index (χ3v) is 5.28. The first-order valence-electron chi connectivity index (χ1n) is 9.88. The minimum Gasteiger partial charge on any atom is -0.472 e. The monoisotopic (exact) mass is 435 g/mol. The number of halogens is 1. The quantitative estimate of drug-likeness (QED) is 0.470. The van der Waals surface area contributed by atoms with Crippen LogP contribution in [0.1, 0.15) is 21.9 Å². The zero-order valence-electron chi connectivity index (χ0n) is 17.3. The molecule has 1 aromatic carbocycles. The van der Waals surface area contributed by atoms with E-state index in [0.29, 0.717) is 41.9 Å². The Bertz CT molecular complexity index is 1280. The van der Waals surface area contributed by atoms with E-state index in [4.69, 9.17) is 9.26 Å². The molecule has 0 radical (unpaired) electrons. The molecule has 0 aliphatic carbocycles. The number of benzene rings is 1. The van der Waals surface area contributed by atoms with Crippen LogP contribution in [-0.2, 0) is 13.2 Å². The summed E-state index contributed by atoms with van der Waals surface area (Å²) in [5, 5.41) is 20.5. The maximum absolute atomic E-state index is 13.2. The van der Waals surface area contributed by atoms with Crippen LogP contribution < -0.4 is 4.74 Å². The van der Waals surface area contributed by atoms with Crippen molar-refractivity contribution in [1.29, 1.82) is 0 Å². The van der Waals surface area contributed by atoms with Crippen molar-refractivity contribution < 1.29 is 18.4 Å². The maximum Gasteiger partial charge on any atom is 0.291 e. The number of rotatable bonds is 5. The lowest BCUT2D eigenvalue weighted by atomic mass is 10.1. The average Bonchev–Trinajstić information content (AvgIpc) is 3.40. The topological polar surface area (TPSA) is 112 Å². The minimum absolute atomic E-state index is 0.150. The van der Waals surface area contributed by atoms with E-state index in [9.17, 15) is 9.18 Å². The molecule has 1 aliphatic rings. The number of likely N-dealkylation sites (N-methyl/N-ethyl adjacent to an activating group) is 1. The third-order valence-electron chi connectivity index (χ3n) is 5.28. The number of amides is 1. The molecule has 4 heterocycles. The van der Waals surface area contributed by atoms with E-state index < -0.39 is 0 Å². The van der Waals surface area contributed by atoms with Gasteiger partial charge in [-0.25, -0.2) is 4.39 Å². The van der Waals surface area contributed by atoms with Crippen molar-refractivity contribution >= 4 is 5.91 Å². The van der Waals surface area contributed by atoms with Crippen molar-refractivity contribution in [3.63, 3.8) is 0 Å². The number of carbonyl (C=O) groups excluding carboxylic acids is 1. The number of aromatic nitrogens is 6. The van der Waals surface area contributed by atoms with Gasteiger partial charge in [0.1, 0.15) is 29.6 Å². The fraction of sp³-hybridized carbons (Fsp3) is 0.238. The van der Waals surface area contributed by atoms with Gasteiger partial charge in [0.15, 0.2) is 5.82 Å². The first-order valence-corrected chi connectivity index (χ1v) is 9.88. The molecule has 32 heavy (non-hydrogen) atoms. The van der Waals surface area contributed by atoms with Crippen molar-refractivity contribution in [3.05, 3.63) is 59.4 Å². The van der Waals surface area contributed by atoms with Gasteiger partial charge in [0.2, 0.25) is 11.7 Å². The summed E-state index contributed by atoms with van der Waals surface area (Å²) in [6.45, 7) is 3.08. The highest BCUT2D eigenvalue weighted by Crippen LogP contribution is 2.27. The van der Waals surface area contributed by atoms with Gasteiger partial charge in [-0.15, -0.1) is 20.4 Å². The standard InChI is InChI=1S/C21H18FN7O3/c1-12-15(18(27-32-12)13-3-5-14(22)6-4-13)11-31-17-8-7-16(23-24-17)19-25-26-20-21(30)28(2)9-10-29(19)20/h3-8H,9-11H2,1-2H3. The Kier molecular flexibility index (Phi) is 4.85. The number of fused-ring (bicyclic) bond motifs is 1. The van der Waals surface area contributed by atoms with Crippen LogP contribution in [0.25, 0.3) is 22.8 Å².